The van der Waals surface area contributed by atoms with Crippen molar-refractivity contribution in [2.45, 2.75) is 31.7 Å². The summed E-state index contributed by atoms with van der Waals surface area (Å²) in [6, 6.07) is 0.279. The van der Waals surface area contributed by atoms with Gasteiger partial charge in [-0.05, 0) is 37.5 Å². The molecule has 0 aromatic heterocycles. The molecule has 3 atom stereocenters. The molecule has 3 aliphatic rings. The van der Waals surface area contributed by atoms with Gasteiger partial charge in [-0.3, -0.25) is 10.2 Å². The first-order valence-electron chi connectivity index (χ1n) is 8.57. The van der Waals surface area contributed by atoms with Gasteiger partial charge in [0, 0.05) is 39.3 Å². The molecule has 0 aromatic carbocycles. The van der Waals surface area contributed by atoms with Gasteiger partial charge in [-0.2, -0.15) is 0 Å². The number of nitrogens with zero attached hydrogens (tertiary/aromatic N) is 2. The van der Waals surface area contributed by atoms with Crippen molar-refractivity contribution in [3.8, 4) is 0 Å². The zero-order valence-corrected chi connectivity index (χ0v) is 14.8. The van der Waals surface area contributed by atoms with Crippen LogP contribution >= 0.6 is 0 Å². The van der Waals surface area contributed by atoms with Gasteiger partial charge in [0.25, 0.3) is 0 Å². The second-order valence-corrected chi connectivity index (χ2v) is 9.11. The van der Waals surface area contributed by atoms with E-state index in [1.54, 1.807) is 11.4 Å². The highest BCUT2D eigenvalue weighted by atomic mass is 32.2. The highest BCUT2D eigenvalue weighted by molar-refractivity contribution is 7.88. The summed E-state index contributed by atoms with van der Waals surface area (Å²) in [6.45, 7) is 3.00. The number of hydrazine groups is 1. The Kier molecular flexibility index (Phi) is 4.96. The lowest BCUT2D eigenvalue weighted by atomic mass is 9.75. The van der Waals surface area contributed by atoms with Crippen molar-refractivity contribution in [1.29, 1.82) is 0 Å². The number of nitrogens with one attached hydrogen (secondary N) is 2. The van der Waals surface area contributed by atoms with E-state index >= 15 is 0 Å². The maximum absolute atomic E-state index is 12.1. The van der Waals surface area contributed by atoms with E-state index in [0.29, 0.717) is 24.9 Å². The molecule has 8 heteroatoms. The Bertz CT molecular complexity index is 545. The fourth-order valence-electron chi connectivity index (χ4n) is 4.52. The van der Waals surface area contributed by atoms with Crippen LogP contribution in [-0.4, -0.2) is 69.2 Å². The number of carbonyl (C=O) groups is 1. The predicted octanol–water partition coefficient (Wildman–Crippen LogP) is -0.381. The molecule has 3 rings (SSSR count). The number of sulfonamides is 1. The second kappa shape index (κ2) is 6.66. The molecule has 132 valence electrons. The summed E-state index contributed by atoms with van der Waals surface area (Å²) in [6.07, 6.45) is 5.36. The van der Waals surface area contributed by atoms with E-state index < -0.39 is 10.0 Å². The van der Waals surface area contributed by atoms with Crippen LogP contribution in [0.25, 0.3) is 0 Å². The van der Waals surface area contributed by atoms with E-state index in [-0.39, 0.29) is 17.9 Å². The molecule has 3 heterocycles. The lowest BCUT2D eigenvalue weighted by Gasteiger charge is -2.41. The van der Waals surface area contributed by atoms with Crippen LogP contribution in [0.5, 0.6) is 0 Å². The van der Waals surface area contributed by atoms with Crippen molar-refractivity contribution < 1.29 is 13.2 Å². The van der Waals surface area contributed by atoms with Crippen LogP contribution in [-0.2, 0) is 14.8 Å². The number of rotatable bonds is 3. The molecule has 0 aliphatic carbocycles. The smallest absolute Gasteiger partial charge is 0.225 e. The fraction of sp³-hybridized carbons (Fsp3) is 0.933. The number of piperidine rings is 2. The van der Waals surface area contributed by atoms with Crippen molar-refractivity contribution in [2.75, 3.05) is 39.5 Å². The van der Waals surface area contributed by atoms with Crippen LogP contribution in [0.1, 0.15) is 25.7 Å². The van der Waals surface area contributed by atoms with Crippen LogP contribution in [0.3, 0.4) is 0 Å². The van der Waals surface area contributed by atoms with E-state index in [1.807, 2.05) is 0 Å². The average Bonchev–Trinajstić information content (AvgIpc) is 2.96. The number of carbonyl (C=O) groups excluding carboxylic acids is 1. The Morgan fingerprint density at radius 1 is 1.13 bits per heavy atom. The molecular weight excluding hydrogens is 316 g/mol. The Hall–Kier alpha value is -0.700. The lowest BCUT2D eigenvalue weighted by molar-refractivity contribution is -0.125. The van der Waals surface area contributed by atoms with Gasteiger partial charge in [0.15, 0.2) is 0 Å². The quantitative estimate of drug-likeness (QED) is 0.729. The second-order valence-electron chi connectivity index (χ2n) is 7.13. The van der Waals surface area contributed by atoms with Crippen molar-refractivity contribution >= 4 is 15.9 Å². The molecule has 3 aliphatic heterocycles. The van der Waals surface area contributed by atoms with Crippen LogP contribution in [0.4, 0.5) is 0 Å². The van der Waals surface area contributed by atoms with E-state index in [2.05, 4.69) is 15.8 Å². The Balaban J connectivity index is 1.59. The fourth-order valence-corrected chi connectivity index (χ4v) is 5.39. The normalized spacial score (nSPS) is 34.3. The van der Waals surface area contributed by atoms with Crippen LogP contribution in [0, 0.1) is 17.8 Å². The van der Waals surface area contributed by atoms with Crippen LogP contribution in [0.2, 0.25) is 0 Å². The first-order valence-corrected chi connectivity index (χ1v) is 10.4. The van der Waals surface area contributed by atoms with Crippen LogP contribution < -0.4 is 10.7 Å². The minimum Gasteiger partial charge on any atom is -0.359 e. The third kappa shape index (κ3) is 3.55. The standard InChI is InChI=1S/C15H28N4O3S/c1-16-15(20)13-10-17-19-8-5-12(9-14(13)19)11-3-6-18(7-4-11)23(2,21)22/h11-14,17H,3-10H2,1-2H3,(H,16,20). The van der Waals surface area contributed by atoms with Crippen molar-refractivity contribution in [1.82, 2.24) is 20.1 Å². The Morgan fingerprint density at radius 2 is 1.78 bits per heavy atom. The van der Waals surface area contributed by atoms with Gasteiger partial charge in [0.2, 0.25) is 15.9 Å². The summed E-state index contributed by atoms with van der Waals surface area (Å²) >= 11 is 0. The van der Waals surface area contributed by atoms with Gasteiger partial charge in [-0.15, -0.1) is 0 Å². The molecular formula is C15H28N4O3S. The van der Waals surface area contributed by atoms with Gasteiger partial charge in [0.05, 0.1) is 12.2 Å². The van der Waals surface area contributed by atoms with E-state index in [4.69, 9.17) is 0 Å². The van der Waals surface area contributed by atoms with Gasteiger partial charge in [-0.25, -0.2) is 17.7 Å². The number of amides is 1. The molecule has 3 unspecified atom stereocenters. The minimum atomic E-state index is -3.06. The first-order chi connectivity index (χ1) is 10.9. The molecule has 0 aromatic rings. The molecule has 3 fully saturated rings. The van der Waals surface area contributed by atoms with E-state index in [1.165, 1.54) is 6.26 Å². The molecule has 0 saturated carbocycles. The van der Waals surface area contributed by atoms with Gasteiger partial charge in [-0.1, -0.05) is 0 Å². The molecule has 2 N–H and O–H groups in total. The number of fused-ring (bicyclic) bond motifs is 1. The number of hydrogen-bond acceptors (Lipinski definition) is 5. The van der Waals surface area contributed by atoms with Gasteiger partial charge >= 0.3 is 0 Å². The van der Waals surface area contributed by atoms with Crippen molar-refractivity contribution in [3.05, 3.63) is 0 Å². The maximum Gasteiger partial charge on any atom is 0.225 e. The molecule has 7 nitrogen and oxygen atoms in total. The summed E-state index contributed by atoms with van der Waals surface area (Å²) in [4.78, 5) is 12.1. The monoisotopic (exact) mass is 344 g/mol. The SMILES string of the molecule is CNC(=O)C1CNN2CCC(C3CCN(S(C)(=O)=O)CC3)CC12. The number of hydrogen-bond donors (Lipinski definition) is 2. The topological polar surface area (TPSA) is 81.8 Å². The largest absolute Gasteiger partial charge is 0.359 e. The summed E-state index contributed by atoms with van der Waals surface area (Å²) in [5.41, 5.74) is 3.36. The van der Waals surface area contributed by atoms with Crippen LogP contribution in [0.15, 0.2) is 0 Å². The third-order valence-electron chi connectivity index (χ3n) is 5.88. The molecule has 0 bridgehead atoms. The highest BCUT2D eigenvalue weighted by Gasteiger charge is 2.44. The zero-order chi connectivity index (χ0) is 16.6. The van der Waals surface area contributed by atoms with Gasteiger partial charge in [0.1, 0.15) is 0 Å². The minimum absolute atomic E-state index is 0.0268. The summed E-state index contributed by atoms with van der Waals surface area (Å²) in [5.74, 6) is 1.34. The van der Waals surface area contributed by atoms with E-state index in [9.17, 15) is 13.2 Å². The molecule has 0 radical (unpaired) electrons. The molecule has 3 saturated heterocycles. The first kappa shape index (κ1) is 17.1. The Labute approximate surface area is 138 Å². The van der Waals surface area contributed by atoms with Crippen molar-refractivity contribution in [3.63, 3.8) is 0 Å². The zero-order valence-electron chi connectivity index (χ0n) is 14.0. The third-order valence-corrected chi connectivity index (χ3v) is 7.18. The molecule has 1 amide bonds. The van der Waals surface area contributed by atoms with E-state index in [0.717, 1.165) is 38.8 Å². The molecule has 23 heavy (non-hydrogen) atoms. The summed E-state index contributed by atoms with van der Waals surface area (Å²) in [7, 11) is -1.35. The highest BCUT2D eigenvalue weighted by Crippen LogP contribution is 2.38. The summed E-state index contributed by atoms with van der Waals surface area (Å²) < 4.78 is 24.9. The Morgan fingerprint density at radius 3 is 2.39 bits per heavy atom. The predicted molar refractivity (Wildman–Crippen MR) is 87.9 cm³/mol. The lowest BCUT2D eigenvalue weighted by Crippen LogP contribution is -2.49. The van der Waals surface area contributed by atoms with Gasteiger partial charge < -0.3 is 5.32 Å². The maximum atomic E-state index is 12.1. The summed E-state index contributed by atoms with van der Waals surface area (Å²) in [5, 5.41) is 5.02. The van der Waals surface area contributed by atoms with Crippen molar-refractivity contribution in [2.24, 2.45) is 17.8 Å². The average molecular weight is 344 g/mol. The molecule has 0 spiro atoms.